The molecular weight excluding hydrogens is 414 g/mol. The van der Waals surface area contributed by atoms with E-state index < -0.39 is 17.6 Å². The summed E-state index contributed by atoms with van der Waals surface area (Å²) in [6.45, 7) is 9.54. The van der Waals surface area contributed by atoms with Gasteiger partial charge in [0.2, 0.25) is 0 Å². The topological polar surface area (TPSA) is 0 Å². The van der Waals surface area contributed by atoms with Gasteiger partial charge < -0.3 is 24.8 Å². The average Bonchev–Trinajstić information content (AvgIpc) is 2.83. The van der Waals surface area contributed by atoms with Crippen LogP contribution in [0.5, 0.6) is 0 Å². The van der Waals surface area contributed by atoms with Gasteiger partial charge in [-0.2, -0.15) is 0 Å². The third-order valence-electron chi connectivity index (χ3n) is 3.59. The zero-order chi connectivity index (χ0) is 14.2. The zero-order valence-corrected chi connectivity index (χ0v) is 19.6. The Morgan fingerprint density at radius 2 is 1.14 bits per heavy atom. The maximum Gasteiger partial charge on any atom is -1.00 e. The number of allylic oxidation sites excluding steroid dienone is 8. The van der Waals surface area contributed by atoms with E-state index in [-0.39, 0.29) is 44.0 Å². The molecule has 0 aromatic carbocycles. The van der Waals surface area contributed by atoms with E-state index in [0.29, 0.717) is 0 Å². The molecule has 0 aromatic rings. The normalized spacial score (nSPS) is 17.7. The Balaban J connectivity index is 0.00000200. The summed E-state index contributed by atoms with van der Waals surface area (Å²) < 4.78 is 3.38. The van der Waals surface area contributed by atoms with Gasteiger partial charge >= 0.3 is 139 Å². The SMILES string of the molecule is C[SiH](C)C1=[C]([Ti+2][C]2=C([SiH](C)C)C(Cl)=CC2)CC=C1Cl.[Cl-].[Cl-]. The van der Waals surface area contributed by atoms with E-state index in [2.05, 4.69) is 38.3 Å². The minimum atomic E-state index is -0.811. The zero-order valence-electron chi connectivity index (χ0n) is 12.7. The second-order valence-electron chi connectivity index (χ2n) is 5.73. The van der Waals surface area contributed by atoms with E-state index >= 15 is 0 Å². The minimum absolute atomic E-state index is 0. The summed E-state index contributed by atoms with van der Waals surface area (Å²) in [5.74, 6) is 0. The smallest absolute Gasteiger partial charge is 1.00 e. The van der Waals surface area contributed by atoms with E-state index in [4.69, 9.17) is 23.2 Å². The minimum Gasteiger partial charge on any atom is -1.00 e. The van der Waals surface area contributed by atoms with Crippen molar-refractivity contribution < 1.29 is 44.0 Å². The molecule has 0 heterocycles. The summed E-state index contributed by atoms with van der Waals surface area (Å²) in [7, 11) is -1.62. The summed E-state index contributed by atoms with van der Waals surface area (Å²) >= 11 is 12.6. The maximum atomic E-state index is 6.39. The largest absolute Gasteiger partial charge is 1.00 e. The van der Waals surface area contributed by atoms with Crippen LogP contribution in [-0.4, -0.2) is 17.6 Å². The first-order chi connectivity index (χ1) is 8.91. The van der Waals surface area contributed by atoms with Crippen molar-refractivity contribution >= 4 is 40.8 Å². The van der Waals surface area contributed by atoms with E-state index in [1.165, 1.54) is 0 Å². The Kier molecular flexibility index (Phi) is 10.1. The van der Waals surface area contributed by atoms with Crippen molar-refractivity contribution in [3.8, 4) is 0 Å². The van der Waals surface area contributed by atoms with Gasteiger partial charge in [-0.1, -0.05) is 0 Å². The Morgan fingerprint density at radius 3 is 1.43 bits per heavy atom. The van der Waals surface area contributed by atoms with Crippen LogP contribution in [-0.2, 0) is 19.2 Å². The molecule has 0 nitrogen and oxygen atoms in total. The van der Waals surface area contributed by atoms with Crippen molar-refractivity contribution in [3.63, 3.8) is 0 Å². The first-order valence-electron chi connectivity index (χ1n) is 6.87. The molecule has 0 radical (unpaired) electrons. The van der Waals surface area contributed by atoms with E-state index in [1.807, 2.05) is 0 Å². The van der Waals surface area contributed by atoms with E-state index in [0.717, 1.165) is 22.9 Å². The van der Waals surface area contributed by atoms with Crippen LogP contribution in [0.25, 0.3) is 0 Å². The first kappa shape index (κ1) is 22.3. The summed E-state index contributed by atoms with van der Waals surface area (Å²) in [6.07, 6.45) is 6.65. The second kappa shape index (κ2) is 9.54. The van der Waals surface area contributed by atoms with Crippen LogP contribution in [0.1, 0.15) is 12.8 Å². The fourth-order valence-electron chi connectivity index (χ4n) is 2.78. The molecule has 2 aliphatic carbocycles. The molecule has 0 unspecified atom stereocenters. The molecule has 7 heteroatoms. The van der Waals surface area contributed by atoms with Gasteiger partial charge in [0, 0.05) is 0 Å². The van der Waals surface area contributed by atoms with Crippen molar-refractivity contribution in [3.05, 3.63) is 40.4 Å². The monoisotopic (exact) mass is 432 g/mol. The van der Waals surface area contributed by atoms with E-state index in [1.54, 1.807) is 18.1 Å². The molecule has 0 N–H and O–H groups in total. The van der Waals surface area contributed by atoms with Gasteiger partial charge in [0.15, 0.2) is 0 Å². The van der Waals surface area contributed by atoms with Crippen molar-refractivity contribution in [1.82, 2.24) is 0 Å². The quantitative estimate of drug-likeness (QED) is 0.483. The van der Waals surface area contributed by atoms with Crippen molar-refractivity contribution in [2.24, 2.45) is 0 Å². The molecule has 0 atom stereocenters. The second-order valence-corrected chi connectivity index (χ2v) is 14.6. The molecule has 2 rings (SSSR count). The molecule has 2 aliphatic rings. The molecule has 0 aromatic heterocycles. The third kappa shape index (κ3) is 5.12. The van der Waals surface area contributed by atoms with Crippen molar-refractivity contribution in [2.45, 2.75) is 39.0 Å². The molecule has 0 amide bonds. The maximum absolute atomic E-state index is 6.39. The Bertz CT molecular complexity index is 473. The summed E-state index contributed by atoms with van der Waals surface area (Å²) in [5.41, 5.74) is 0. The average molecular weight is 434 g/mol. The van der Waals surface area contributed by atoms with Crippen molar-refractivity contribution in [1.29, 1.82) is 0 Å². The number of rotatable bonds is 4. The molecule has 116 valence electrons. The van der Waals surface area contributed by atoms with Crippen LogP contribution >= 0.6 is 23.2 Å². The number of hydrogen-bond acceptors (Lipinski definition) is 0. The standard InChI is InChI=1S/2C7H10ClSi.2ClH.Ti/c2*1-9(2)7-5-3-4-6(7)8;;;/h2*4,9H,3H2,1-2H3;2*1H;/q;;;;+2/p-2. The third-order valence-corrected chi connectivity index (χ3v) is 11.6. The van der Waals surface area contributed by atoms with Gasteiger partial charge in [-0.05, 0) is 0 Å². The van der Waals surface area contributed by atoms with Crippen LogP contribution in [0.15, 0.2) is 40.4 Å². The van der Waals surface area contributed by atoms with Crippen LogP contribution in [0.4, 0.5) is 0 Å². The van der Waals surface area contributed by atoms with Gasteiger partial charge in [0.05, 0.1) is 0 Å². The van der Waals surface area contributed by atoms with Gasteiger partial charge in [-0.25, -0.2) is 0 Å². The van der Waals surface area contributed by atoms with Crippen LogP contribution in [0.2, 0.25) is 26.2 Å². The molecule has 0 saturated heterocycles. The molecule has 0 saturated carbocycles. The summed E-state index contributed by atoms with van der Waals surface area (Å²) in [6, 6.07) is 0. The molecule has 21 heavy (non-hydrogen) atoms. The fraction of sp³-hybridized carbons (Fsp3) is 0.429. The van der Waals surface area contributed by atoms with Crippen LogP contribution in [0, 0.1) is 0 Å². The molecule has 0 spiro atoms. The Labute approximate surface area is 163 Å². The fourth-order valence-corrected chi connectivity index (χ4v) is 13.0. The molecule has 0 fully saturated rings. The van der Waals surface area contributed by atoms with Gasteiger partial charge in [-0.3, -0.25) is 0 Å². The Morgan fingerprint density at radius 1 is 0.810 bits per heavy atom. The van der Waals surface area contributed by atoms with E-state index in [9.17, 15) is 0 Å². The van der Waals surface area contributed by atoms with Gasteiger partial charge in [0.25, 0.3) is 0 Å². The van der Waals surface area contributed by atoms with Crippen LogP contribution in [0.3, 0.4) is 0 Å². The number of halogens is 4. The molecule has 0 bridgehead atoms. The van der Waals surface area contributed by atoms with Gasteiger partial charge in [0.1, 0.15) is 0 Å². The predicted octanol–water partition coefficient (Wildman–Crippen LogP) is -1.31. The predicted molar refractivity (Wildman–Crippen MR) is 88.9 cm³/mol. The molecule has 0 aliphatic heterocycles. The summed E-state index contributed by atoms with van der Waals surface area (Å²) in [4.78, 5) is 0. The van der Waals surface area contributed by atoms with Crippen molar-refractivity contribution in [2.75, 3.05) is 0 Å². The molecular formula is C14H20Cl4Si2Ti. The number of hydrogen-bond donors (Lipinski definition) is 0. The Hall–Kier alpha value is 1.27. The first-order valence-corrected chi connectivity index (χ1v) is 15.0. The summed E-state index contributed by atoms with van der Waals surface area (Å²) in [5, 5.41) is 5.23. The van der Waals surface area contributed by atoms with Gasteiger partial charge in [-0.15, -0.1) is 0 Å². The van der Waals surface area contributed by atoms with Crippen LogP contribution < -0.4 is 24.8 Å².